The van der Waals surface area contributed by atoms with Gasteiger partial charge in [0.25, 0.3) is 5.91 Å². The van der Waals surface area contributed by atoms with Gasteiger partial charge < -0.3 is 10.6 Å². The van der Waals surface area contributed by atoms with Crippen LogP contribution in [0.4, 0.5) is 4.79 Å². The first kappa shape index (κ1) is 23.5. The Hall–Kier alpha value is -3.15. The van der Waals surface area contributed by atoms with Gasteiger partial charge in [-0.05, 0) is 41.9 Å². The Bertz CT molecular complexity index is 970. The van der Waals surface area contributed by atoms with E-state index in [1.807, 2.05) is 54.6 Å². The Kier molecular flexibility index (Phi) is 7.02. The van der Waals surface area contributed by atoms with Gasteiger partial charge in [0.05, 0.1) is 6.04 Å². The van der Waals surface area contributed by atoms with E-state index < -0.39 is 17.5 Å². The Morgan fingerprint density at radius 3 is 2.16 bits per heavy atom. The summed E-state index contributed by atoms with van der Waals surface area (Å²) in [6.07, 6.45) is 0.760. The summed E-state index contributed by atoms with van der Waals surface area (Å²) in [5.74, 6) is -0.0406. The van der Waals surface area contributed by atoms with Crippen molar-refractivity contribution in [1.82, 2.24) is 15.5 Å². The molecule has 2 aromatic carbocycles. The van der Waals surface area contributed by atoms with Crippen molar-refractivity contribution in [3.63, 3.8) is 0 Å². The zero-order valence-electron chi connectivity index (χ0n) is 19.5. The van der Waals surface area contributed by atoms with Crippen LogP contribution < -0.4 is 10.6 Å². The third-order valence-corrected chi connectivity index (χ3v) is 5.98. The lowest BCUT2D eigenvalue weighted by Crippen LogP contribution is -2.44. The number of imide groups is 1. The summed E-state index contributed by atoms with van der Waals surface area (Å²) in [4.78, 5) is 39.7. The summed E-state index contributed by atoms with van der Waals surface area (Å²) in [7, 11) is 0. The van der Waals surface area contributed by atoms with Gasteiger partial charge in [0.15, 0.2) is 0 Å². The molecule has 1 heterocycles. The van der Waals surface area contributed by atoms with Crippen molar-refractivity contribution < 1.29 is 14.4 Å². The van der Waals surface area contributed by atoms with Crippen LogP contribution in [0.5, 0.6) is 0 Å². The molecule has 0 bridgehead atoms. The zero-order valence-corrected chi connectivity index (χ0v) is 19.5. The third kappa shape index (κ3) is 5.01. The highest BCUT2D eigenvalue weighted by Crippen LogP contribution is 2.30. The molecule has 2 atom stereocenters. The van der Waals surface area contributed by atoms with Gasteiger partial charge in [-0.15, -0.1) is 0 Å². The van der Waals surface area contributed by atoms with E-state index in [1.54, 1.807) is 6.92 Å². The fraction of sp³-hybridized carbons (Fsp3) is 0.423. The number of rotatable bonds is 8. The minimum Gasteiger partial charge on any atom is -0.348 e. The van der Waals surface area contributed by atoms with Crippen molar-refractivity contribution in [3.05, 3.63) is 71.3 Å². The lowest BCUT2D eigenvalue weighted by molar-refractivity contribution is -0.135. The minimum atomic E-state index is -1.19. The van der Waals surface area contributed by atoms with Crippen molar-refractivity contribution in [2.24, 2.45) is 5.92 Å². The first-order chi connectivity index (χ1) is 15.1. The molecule has 3 rings (SSSR count). The number of nitrogens with zero attached hydrogens (tertiary/aromatic N) is 1. The lowest BCUT2D eigenvalue weighted by atomic mass is 9.90. The van der Waals surface area contributed by atoms with E-state index in [4.69, 9.17) is 0 Å². The maximum absolute atomic E-state index is 13.2. The molecule has 0 radical (unpaired) electrons. The van der Waals surface area contributed by atoms with Crippen molar-refractivity contribution in [2.75, 3.05) is 6.54 Å². The summed E-state index contributed by atoms with van der Waals surface area (Å²) >= 11 is 0. The summed E-state index contributed by atoms with van der Waals surface area (Å²) < 4.78 is 0. The smallest absolute Gasteiger partial charge is 0.325 e. The quantitative estimate of drug-likeness (QED) is 0.600. The molecule has 6 nitrogen and oxygen atoms in total. The number of urea groups is 1. The van der Waals surface area contributed by atoms with Crippen LogP contribution in [0.15, 0.2) is 54.6 Å². The molecular formula is C26H33N3O3. The number of hydrogen-bond acceptors (Lipinski definition) is 3. The van der Waals surface area contributed by atoms with E-state index in [2.05, 4.69) is 38.3 Å². The molecule has 4 amide bonds. The highest BCUT2D eigenvalue weighted by molar-refractivity contribution is 6.09. The highest BCUT2D eigenvalue weighted by Gasteiger charge is 2.49. The Balaban J connectivity index is 1.73. The number of carbonyl (C=O) groups excluding carboxylic acids is 3. The SMILES string of the molecule is CC(C)CC(NC(=O)CN1C(=O)NC(C)(c2ccc(C(C)C)cc2)C1=O)c1ccccc1. The molecule has 0 spiro atoms. The van der Waals surface area contributed by atoms with E-state index in [9.17, 15) is 14.4 Å². The summed E-state index contributed by atoms with van der Waals surface area (Å²) in [6.45, 7) is 9.75. The molecule has 0 aromatic heterocycles. The largest absolute Gasteiger partial charge is 0.348 e. The normalized spacial score (nSPS) is 19.4. The Morgan fingerprint density at radius 1 is 0.969 bits per heavy atom. The van der Waals surface area contributed by atoms with Gasteiger partial charge in [0, 0.05) is 0 Å². The number of hydrogen-bond donors (Lipinski definition) is 2. The molecule has 6 heteroatoms. The van der Waals surface area contributed by atoms with Crippen LogP contribution >= 0.6 is 0 Å². The molecule has 170 valence electrons. The summed E-state index contributed by atoms with van der Waals surface area (Å²) in [5, 5.41) is 5.78. The van der Waals surface area contributed by atoms with Gasteiger partial charge in [0.1, 0.15) is 12.1 Å². The van der Waals surface area contributed by atoms with Gasteiger partial charge in [-0.25, -0.2) is 4.79 Å². The summed E-state index contributed by atoms with van der Waals surface area (Å²) in [6, 6.07) is 16.7. The van der Waals surface area contributed by atoms with Gasteiger partial charge in [-0.3, -0.25) is 14.5 Å². The first-order valence-corrected chi connectivity index (χ1v) is 11.2. The van der Waals surface area contributed by atoms with E-state index in [1.165, 1.54) is 0 Å². The maximum atomic E-state index is 13.2. The molecule has 1 aliphatic heterocycles. The molecule has 1 aliphatic rings. The molecule has 2 N–H and O–H groups in total. The van der Waals surface area contributed by atoms with E-state index >= 15 is 0 Å². The monoisotopic (exact) mass is 435 g/mol. The Labute approximate surface area is 190 Å². The van der Waals surface area contributed by atoms with Crippen molar-refractivity contribution in [2.45, 2.75) is 58.5 Å². The molecule has 0 aliphatic carbocycles. The van der Waals surface area contributed by atoms with Crippen molar-refractivity contribution in [3.8, 4) is 0 Å². The number of benzene rings is 2. The molecule has 2 unspecified atom stereocenters. The first-order valence-electron chi connectivity index (χ1n) is 11.2. The molecule has 1 fully saturated rings. The van der Waals surface area contributed by atoms with E-state index in [-0.39, 0.29) is 18.5 Å². The van der Waals surface area contributed by atoms with Crippen LogP contribution in [-0.2, 0) is 15.1 Å². The van der Waals surface area contributed by atoms with Crippen LogP contribution in [0.25, 0.3) is 0 Å². The van der Waals surface area contributed by atoms with Gasteiger partial charge in [0.2, 0.25) is 5.91 Å². The van der Waals surface area contributed by atoms with Gasteiger partial charge >= 0.3 is 6.03 Å². The standard InChI is InChI=1S/C26H33N3O3/c1-17(2)15-22(20-9-7-6-8-10-20)27-23(30)16-29-24(31)26(5,28-25(29)32)21-13-11-19(12-14-21)18(3)4/h6-14,17-18,22H,15-16H2,1-5H3,(H,27,30)(H,28,32). The van der Waals surface area contributed by atoms with Gasteiger partial charge in [-0.2, -0.15) is 0 Å². The second-order valence-electron chi connectivity index (χ2n) is 9.38. The molecule has 1 saturated heterocycles. The van der Waals surface area contributed by atoms with Crippen LogP contribution in [0.1, 0.15) is 69.7 Å². The fourth-order valence-corrected chi connectivity index (χ4v) is 4.06. The fourth-order valence-electron chi connectivity index (χ4n) is 4.06. The molecular weight excluding hydrogens is 402 g/mol. The van der Waals surface area contributed by atoms with Gasteiger partial charge in [-0.1, -0.05) is 82.3 Å². The zero-order chi connectivity index (χ0) is 23.5. The highest BCUT2D eigenvalue weighted by atomic mass is 16.2. The predicted octanol–water partition coefficient (Wildman–Crippen LogP) is 4.48. The van der Waals surface area contributed by atoms with Crippen LogP contribution in [-0.4, -0.2) is 29.3 Å². The summed E-state index contributed by atoms with van der Waals surface area (Å²) in [5.41, 5.74) is 1.67. The maximum Gasteiger partial charge on any atom is 0.325 e. The topological polar surface area (TPSA) is 78.5 Å². The number of amides is 4. The second-order valence-corrected chi connectivity index (χ2v) is 9.38. The lowest BCUT2D eigenvalue weighted by Gasteiger charge is -2.24. The second kappa shape index (κ2) is 9.55. The van der Waals surface area contributed by atoms with Crippen molar-refractivity contribution >= 4 is 17.8 Å². The Morgan fingerprint density at radius 2 is 1.59 bits per heavy atom. The number of carbonyl (C=O) groups is 3. The predicted molar refractivity (Wildman–Crippen MR) is 125 cm³/mol. The van der Waals surface area contributed by atoms with Crippen LogP contribution in [0.3, 0.4) is 0 Å². The van der Waals surface area contributed by atoms with E-state index in [0.29, 0.717) is 17.4 Å². The van der Waals surface area contributed by atoms with Crippen molar-refractivity contribution in [1.29, 1.82) is 0 Å². The molecule has 2 aromatic rings. The van der Waals surface area contributed by atoms with E-state index in [0.717, 1.165) is 22.4 Å². The minimum absolute atomic E-state index is 0.181. The van der Waals surface area contributed by atoms with Crippen LogP contribution in [0, 0.1) is 5.92 Å². The average molecular weight is 436 g/mol. The van der Waals surface area contributed by atoms with Crippen LogP contribution in [0.2, 0.25) is 0 Å². The average Bonchev–Trinajstić information content (AvgIpc) is 2.97. The number of nitrogens with one attached hydrogen (secondary N) is 2. The third-order valence-electron chi connectivity index (χ3n) is 5.98. The molecule has 0 saturated carbocycles. The molecule has 32 heavy (non-hydrogen) atoms.